The van der Waals surface area contributed by atoms with Gasteiger partial charge in [-0.3, -0.25) is 10.1 Å². The quantitative estimate of drug-likeness (QED) is 0.608. The fourth-order valence-electron chi connectivity index (χ4n) is 2.94. The first kappa shape index (κ1) is 16.9. The second kappa shape index (κ2) is 7.75. The number of hydrogen-bond donors (Lipinski definition) is 0. The molecule has 128 valence electrons. The fraction of sp³-hybridized carbons (Fsp3) is 0.250. The first-order valence-electron chi connectivity index (χ1n) is 8.41. The maximum absolute atomic E-state index is 11.2. The van der Waals surface area contributed by atoms with Gasteiger partial charge >= 0.3 is 5.69 Å². The van der Waals surface area contributed by atoms with E-state index in [1.54, 1.807) is 12.1 Å². The molecule has 1 aromatic heterocycles. The lowest BCUT2D eigenvalue weighted by Gasteiger charge is -2.29. The van der Waals surface area contributed by atoms with Crippen LogP contribution < -0.4 is 4.90 Å². The predicted octanol–water partition coefficient (Wildman–Crippen LogP) is 4.54. The van der Waals surface area contributed by atoms with E-state index in [1.165, 1.54) is 11.1 Å². The van der Waals surface area contributed by atoms with Gasteiger partial charge in [-0.05, 0) is 31.4 Å². The van der Waals surface area contributed by atoms with Gasteiger partial charge in [0.25, 0.3) is 0 Å². The van der Waals surface area contributed by atoms with Crippen molar-refractivity contribution in [1.82, 2.24) is 4.98 Å². The maximum Gasteiger partial charge on any atom is 0.311 e. The minimum Gasteiger partial charge on any atom is -0.350 e. The standard InChI is InChI=1S/C20H21N3O2/c1-16-10-11-19(23(24)25)20(21-16)22-14-12-18(13-15-22)9-5-8-17-6-3-2-4-7-17/h2-11H,12-15H2,1H3/b8-5+. The Bertz CT molecular complexity index is 803. The van der Waals surface area contributed by atoms with Crippen molar-refractivity contribution in [3.05, 3.63) is 81.6 Å². The fourth-order valence-corrected chi connectivity index (χ4v) is 2.94. The number of rotatable bonds is 4. The second-order valence-electron chi connectivity index (χ2n) is 6.13. The summed E-state index contributed by atoms with van der Waals surface area (Å²) in [6, 6.07) is 13.4. The van der Waals surface area contributed by atoms with E-state index >= 15 is 0 Å². The molecule has 1 saturated heterocycles. The molecular weight excluding hydrogens is 314 g/mol. The molecule has 0 spiro atoms. The molecule has 3 rings (SSSR count). The van der Waals surface area contributed by atoms with Gasteiger partial charge in [-0.25, -0.2) is 4.98 Å². The Morgan fingerprint density at radius 2 is 1.84 bits per heavy atom. The Morgan fingerprint density at radius 3 is 2.52 bits per heavy atom. The van der Waals surface area contributed by atoms with Crippen molar-refractivity contribution in [2.45, 2.75) is 19.8 Å². The minimum atomic E-state index is -0.351. The number of nitrogens with zero attached hydrogens (tertiary/aromatic N) is 3. The highest BCUT2D eigenvalue weighted by Crippen LogP contribution is 2.29. The van der Waals surface area contributed by atoms with E-state index < -0.39 is 0 Å². The molecule has 0 aliphatic carbocycles. The number of piperidine rings is 1. The molecule has 0 N–H and O–H groups in total. The van der Waals surface area contributed by atoms with Crippen LogP contribution in [-0.4, -0.2) is 23.0 Å². The lowest BCUT2D eigenvalue weighted by Crippen LogP contribution is -2.32. The van der Waals surface area contributed by atoms with E-state index in [0.29, 0.717) is 5.82 Å². The first-order chi connectivity index (χ1) is 12.1. The van der Waals surface area contributed by atoms with E-state index in [9.17, 15) is 10.1 Å². The Kier molecular flexibility index (Phi) is 5.23. The van der Waals surface area contributed by atoms with Crippen LogP contribution in [0.25, 0.3) is 6.08 Å². The van der Waals surface area contributed by atoms with Gasteiger partial charge in [0.05, 0.1) is 4.92 Å². The first-order valence-corrected chi connectivity index (χ1v) is 8.41. The van der Waals surface area contributed by atoms with Crippen LogP contribution in [0.5, 0.6) is 0 Å². The molecule has 5 heteroatoms. The summed E-state index contributed by atoms with van der Waals surface area (Å²) in [6.07, 6.45) is 8.11. The SMILES string of the molecule is Cc1ccc([N+](=O)[O-])c(N2CCC(=C/C=C/c3ccccc3)CC2)n1. The van der Waals surface area contributed by atoms with Gasteiger partial charge < -0.3 is 4.90 Å². The van der Waals surface area contributed by atoms with Crippen LogP contribution in [0, 0.1) is 17.0 Å². The van der Waals surface area contributed by atoms with Crippen molar-refractivity contribution >= 4 is 17.6 Å². The molecule has 1 aromatic carbocycles. The van der Waals surface area contributed by atoms with E-state index in [0.717, 1.165) is 31.6 Å². The molecule has 2 aromatic rings. The third kappa shape index (κ3) is 4.32. The largest absolute Gasteiger partial charge is 0.350 e. The van der Waals surface area contributed by atoms with Crippen molar-refractivity contribution in [3.63, 3.8) is 0 Å². The van der Waals surface area contributed by atoms with Crippen molar-refractivity contribution in [2.75, 3.05) is 18.0 Å². The Labute approximate surface area is 147 Å². The monoisotopic (exact) mass is 335 g/mol. The molecular formula is C20H21N3O2. The summed E-state index contributed by atoms with van der Waals surface area (Å²) in [5.74, 6) is 0.490. The minimum absolute atomic E-state index is 0.0852. The van der Waals surface area contributed by atoms with E-state index in [2.05, 4.69) is 35.3 Å². The number of anilines is 1. The van der Waals surface area contributed by atoms with Gasteiger partial charge in [0.2, 0.25) is 5.82 Å². The number of pyridine rings is 1. The molecule has 0 radical (unpaired) electrons. The van der Waals surface area contributed by atoms with Gasteiger partial charge in [0.15, 0.2) is 0 Å². The van der Waals surface area contributed by atoms with Gasteiger partial charge in [-0.15, -0.1) is 0 Å². The normalized spacial score (nSPS) is 14.8. The summed E-state index contributed by atoms with van der Waals surface area (Å²) >= 11 is 0. The lowest BCUT2D eigenvalue weighted by atomic mass is 10.0. The third-order valence-electron chi connectivity index (χ3n) is 4.32. The molecule has 0 saturated carbocycles. The number of benzene rings is 1. The summed E-state index contributed by atoms with van der Waals surface area (Å²) in [4.78, 5) is 17.3. The van der Waals surface area contributed by atoms with Gasteiger partial charge in [0, 0.05) is 24.8 Å². The molecule has 25 heavy (non-hydrogen) atoms. The number of aromatic nitrogens is 1. The third-order valence-corrected chi connectivity index (χ3v) is 4.32. The number of allylic oxidation sites excluding steroid dienone is 2. The van der Waals surface area contributed by atoms with E-state index in [-0.39, 0.29) is 10.6 Å². The Hall–Kier alpha value is -2.95. The van der Waals surface area contributed by atoms with Crippen molar-refractivity contribution in [2.24, 2.45) is 0 Å². The molecule has 0 bridgehead atoms. The van der Waals surface area contributed by atoms with Crippen molar-refractivity contribution in [3.8, 4) is 0 Å². The zero-order valence-electron chi connectivity index (χ0n) is 14.3. The summed E-state index contributed by atoms with van der Waals surface area (Å²) in [6.45, 7) is 3.36. The van der Waals surface area contributed by atoms with Crippen LogP contribution in [0.15, 0.2) is 60.2 Å². The second-order valence-corrected chi connectivity index (χ2v) is 6.13. The number of hydrogen-bond acceptors (Lipinski definition) is 4. The molecule has 0 amide bonds. The zero-order chi connectivity index (χ0) is 17.6. The Balaban J connectivity index is 1.66. The zero-order valence-corrected chi connectivity index (χ0v) is 14.3. The molecule has 0 unspecified atom stereocenters. The van der Waals surface area contributed by atoms with Crippen molar-refractivity contribution in [1.29, 1.82) is 0 Å². The van der Waals surface area contributed by atoms with E-state index in [4.69, 9.17) is 0 Å². The van der Waals surface area contributed by atoms with Gasteiger partial charge in [-0.1, -0.05) is 54.1 Å². The predicted molar refractivity (Wildman–Crippen MR) is 101 cm³/mol. The van der Waals surface area contributed by atoms with Gasteiger partial charge in [0.1, 0.15) is 0 Å². The topological polar surface area (TPSA) is 59.3 Å². The highest BCUT2D eigenvalue weighted by Gasteiger charge is 2.23. The molecule has 1 aliphatic heterocycles. The van der Waals surface area contributed by atoms with Crippen LogP contribution in [0.3, 0.4) is 0 Å². The summed E-state index contributed by atoms with van der Waals surface area (Å²) in [5.41, 5.74) is 3.42. The lowest BCUT2D eigenvalue weighted by molar-refractivity contribution is -0.384. The molecule has 5 nitrogen and oxygen atoms in total. The van der Waals surface area contributed by atoms with Crippen LogP contribution >= 0.6 is 0 Å². The highest BCUT2D eigenvalue weighted by atomic mass is 16.6. The smallest absolute Gasteiger partial charge is 0.311 e. The average Bonchev–Trinajstić information content (AvgIpc) is 2.63. The summed E-state index contributed by atoms with van der Waals surface area (Å²) < 4.78 is 0. The Morgan fingerprint density at radius 1 is 1.12 bits per heavy atom. The van der Waals surface area contributed by atoms with Crippen LogP contribution in [0.1, 0.15) is 24.1 Å². The summed E-state index contributed by atoms with van der Waals surface area (Å²) in [5, 5.41) is 11.2. The van der Waals surface area contributed by atoms with Crippen LogP contribution in [-0.2, 0) is 0 Å². The maximum atomic E-state index is 11.2. The molecule has 1 fully saturated rings. The number of nitro groups is 1. The number of aryl methyl sites for hydroxylation is 1. The van der Waals surface area contributed by atoms with Crippen molar-refractivity contribution < 1.29 is 4.92 Å². The highest BCUT2D eigenvalue weighted by molar-refractivity contribution is 5.59. The molecule has 1 aliphatic rings. The average molecular weight is 335 g/mol. The van der Waals surface area contributed by atoms with E-state index in [1.807, 2.05) is 30.0 Å². The van der Waals surface area contributed by atoms with Gasteiger partial charge in [-0.2, -0.15) is 0 Å². The van der Waals surface area contributed by atoms with Crippen LogP contribution in [0.4, 0.5) is 11.5 Å². The molecule has 2 heterocycles. The van der Waals surface area contributed by atoms with Crippen LogP contribution in [0.2, 0.25) is 0 Å². The molecule has 0 atom stereocenters. The summed E-state index contributed by atoms with van der Waals surface area (Å²) in [7, 11) is 0.